The summed E-state index contributed by atoms with van der Waals surface area (Å²) in [5, 5.41) is 0.503. The zero-order valence-electron chi connectivity index (χ0n) is 8.70. The van der Waals surface area contributed by atoms with Crippen LogP contribution < -0.4 is 9.64 Å². The van der Waals surface area contributed by atoms with Crippen molar-refractivity contribution in [2.45, 2.75) is 6.42 Å². The number of Topliss-reactive ketones (excluding diaryl/α,β-unsaturated/α-hetero) is 1. The van der Waals surface area contributed by atoms with Crippen LogP contribution in [0, 0.1) is 0 Å². The molecule has 1 aliphatic heterocycles. The number of hydrogen-bond donors (Lipinski definition) is 0. The zero-order chi connectivity index (χ0) is 11.7. The van der Waals surface area contributed by atoms with Gasteiger partial charge in [-0.1, -0.05) is 11.6 Å². The normalized spacial score (nSPS) is 15.8. The molecular formula is C11H10ClNO3. The van der Waals surface area contributed by atoms with Gasteiger partial charge in [0, 0.05) is 5.02 Å². The molecule has 0 bridgehead atoms. The number of carbonyl (C=O) groups excluding carboxylic acids is 2. The molecule has 0 unspecified atom stereocenters. The molecule has 0 atom stereocenters. The van der Waals surface area contributed by atoms with Crippen molar-refractivity contribution in [1.82, 2.24) is 0 Å². The van der Waals surface area contributed by atoms with Crippen molar-refractivity contribution in [3.63, 3.8) is 0 Å². The summed E-state index contributed by atoms with van der Waals surface area (Å²) in [6.07, 6.45) is -0.0460. The molecule has 1 aliphatic rings. The number of methoxy groups -OCH3 is 1. The van der Waals surface area contributed by atoms with Crippen molar-refractivity contribution in [3.8, 4) is 5.75 Å². The lowest BCUT2D eigenvalue weighted by Crippen LogP contribution is -2.25. The summed E-state index contributed by atoms with van der Waals surface area (Å²) in [5.74, 6) is 0.227. The van der Waals surface area contributed by atoms with E-state index in [1.807, 2.05) is 0 Å². The Morgan fingerprint density at radius 3 is 2.69 bits per heavy atom. The Kier molecular flexibility index (Phi) is 2.83. The molecule has 2 rings (SSSR count). The van der Waals surface area contributed by atoms with Crippen LogP contribution in [0.25, 0.3) is 0 Å². The lowest BCUT2D eigenvalue weighted by molar-refractivity contribution is -0.121. The van der Waals surface area contributed by atoms with Crippen molar-refractivity contribution < 1.29 is 14.3 Å². The molecule has 16 heavy (non-hydrogen) atoms. The Hall–Kier alpha value is -1.55. The molecule has 0 aliphatic carbocycles. The van der Waals surface area contributed by atoms with Gasteiger partial charge in [-0.05, 0) is 18.2 Å². The van der Waals surface area contributed by atoms with E-state index in [4.69, 9.17) is 16.3 Å². The smallest absolute Gasteiger partial charge is 0.235 e. The average Bonchev–Trinajstić information content (AvgIpc) is 2.57. The van der Waals surface area contributed by atoms with Crippen molar-refractivity contribution in [2.24, 2.45) is 0 Å². The van der Waals surface area contributed by atoms with Gasteiger partial charge in [-0.2, -0.15) is 0 Å². The van der Waals surface area contributed by atoms with Crippen LogP contribution in [0.5, 0.6) is 5.75 Å². The Labute approximate surface area is 97.7 Å². The first kappa shape index (κ1) is 11.0. The number of anilines is 1. The van der Waals surface area contributed by atoms with Crippen LogP contribution in [0.3, 0.4) is 0 Å². The van der Waals surface area contributed by atoms with E-state index in [0.717, 1.165) is 0 Å². The number of ether oxygens (including phenoxy) is 1. The average molecular weight is 240 g/mol. The molecule has 1 saturated heterocycles. The van der Waals surface area contributed by atoms with Gasteiger partial charge in [0.25, 0.3) is 0 Å². The maximum atomic E-state index is 11.6. The molecule has 0 spiro atoms. The molecule has 0 N–H and O–H groups in total. The maximum absolute atomic E-state index is 11.6. The molecular weight excluding hydrogens is 230 g/mol. The third-order valence-electron chi connectivity index (χ3n) is 2.42. The lowest BCUT2D eigenvalue weighted by atomic mass is 10.2. The molecule has 4 nitrogen and oxygen atoms in total. The monoisotopic (exact) mass is 239 g/mol. The van der Waals surface area contributed by atoms with E-state index in [1.165, 1.54) is 12.0 Å². The highest BCUT2D eigenvalue weighted by Gasteiger charge is 2.30. The molecule has 5 heteroatoms. The number of benzene rings is 1. The van der Waals surface area contributed by atoms with Crippen LogP contribution in [0.2, 0.25) is 5.02 Å². The topological polar surface area (TPSA) is 46.6 Å². The third-order valence-corrected chi connectivity index (χ3v) is 2.65. The van der Waals surface area contributed by atoms with E-state index in [2.05, 4.69) is 0 Å². The van der Waals surface area contributed by atoms with Gasteiger partial charge in [0.05, 0.1) is 25.8 Å². The number of amides is 1. The SMILES string of the molecule is COc1ccc(Cl)cc1N1CC(=O)CC1=O. The largest absolute Gasteiger partial charge is 0.495 e. The van der Waals surface area contributed by atoms with E-state index in [9.17, 15) is 9.59 Å². The second kappa shape index (κ2) is 4.14. The molecule has 84 valence electrons. The highest BCUT2D eigenvalue weighted by Crippen LogP contribution is 2.33. The quantitative estimate of drug-likeness (QED) is 0.738. The van der Waals surface area contributed by atoms with Crippen LogP contribution in [-0.2, 0) is 9.59 Å². The zero-order valence-corrected chi connectivity index (χ0v) is 9.45. The summed E-state index contributed by atoms with van der Waals surface area (Å²) in [7, 11) is 1.51. The van der Waals surface area contributed by atoms with Crippen LogP contribution in [-0.4, -0.2) is 25.3 Å². The summed E-state index contributed by atoms with van der Waals surface area (Å²) in [5.41, 5.74) is 0.547. The Morgan fingerprint density at radius 1 is 1.38 bits per heavy atom. The molecule has 0 saturated carbocycles. The minimum Gasteiger partial charge on any atom is -0.495 e. The van der Waals surface area contributed by atoms with Gasteiger partial charge in [0.1, 0.15) is 5.75 Å². The highest BCUT2D eigenvalue weighted by molar-refractivity contribution is 6.31. The molecule has 1 amide bonds. The first-order valence-corrected chi connectivity index (χ1v) is 5.15. The molecule has 0 radical (unpaired) electrons. The van der Waals surface area contributed by atoms with Crippen molar-refractivity contribution in [2.75, 3.05) is 18.6 Å². The fourth-order valence-corrected chi connectivity index (χ4v) is 1.84. The van der Waals surface area contributed by atoms with Crippen LogP contribution in [0.1, 0.15) is 6.42 Å². The number of nitrogens with zero attached hydrogens (tertiary/aromatic N) is 1. The van der Waals surface area contributed by atoms with E-state index in [-0.39, 0.29) is 24.7 Å². The first-order valence-electron chi connectivity index (χ1n) is 4.77. The Balaban J connectivity index is 2.42. The second-order valence-corrected chi connectivity index (χ2v) is 3.95. The summed E-state index contributed by atoms with van der Waals surface area (Å²) in [6, 6.07) is 4.97. The molecule has 1 aromatic carbocycles. The summed E-state index contributed by atoms with van der Waals surface area (Å²) in [4.78, 5) is 24.2. The standard InChI is InChI=1S/C11H10ClNO3/c1-16-10-3-2-7(12)4-9(10)13-6-8(14)5-11(13)15/h2-4H,5-6H2,1H3. The predicted molar refractivity (Wildman–Crippen MR) is 60.0 cm³/mol. The Morgan fingerprint density at radius 2 is 2.12 bits per heavy atom. The van der Waals surface area contributed by atoms with Gasteiger partial charge in [-0.15, -0.1) is 0 Å². The van der Waals surface area contributed by atoms with Gasteiger partial charge < -0.3 is 9.64 Å². The minimum atomic E-state index is -0.217. The van der Waals surface area contributed by atoms with Crippen LogP contribution in [0.15, 0.2) is 18.2 Å². The number of hydrogen-bond acceptors (Lipinski definition) is 3. The van der Waals surface area contributed by atoms with Crippen molar-refractivity contribution >= 4 is 29.0 Å². The van der Waals surface area contributed by atoms with Gasteiger partial charge in [-0.25, -0.2) is 0 Å². The van der Waals surface area contributed by atoms with E-state index in [1.54, 1.807) is 18.2 Å². The fourth-order valence-electron chi connectivity index (χ4n) is 1.68. The summed E-state index contributed by atoms with van der Waals surface area (Å²) < 4.78 is 5.13. The molecule has 1 aromatic rings. The van der Waals surface area contributed by atoms with Crippen molar-refractivity contribution in [3.05, 3.63) is 23.2 Å². The van der Waals surface area contributed by atoms with Gasteiger partial charge in [-0.3, -0.25) is 9.59 Å². The Bertz CT molecular complexity index is 459. The second-order valence-electron chi connectivity index (χ2n) is 3.51. The van der Waals surface area contributed by atoms with Gasteiger partial charge in [0.2, 0.25) is 5.91 Å². The van der Waals surface area contributed by atoms with Crippen LogP contribution >= 0.6 is 11.6 Å². The van der Waals surface area contributed by atoms with Crippen LogP contribution in [0.4, 0.5) is 5.69 Å². The lowest BCUT2D eigenvalue weighted by Gasteiger charge is -2.18. The number of halogens is 1. The van der Waals surface area contributed by atoms with Crippen molar-refractivity contribution in [1.29, 1.82) is 0 Å². The minimum absolute atomic E-state index is 0.0460. The summed E-state index contributed by atoms with van der Waals surface area (Å²) in [6.45, 7) is 0.0928. The fraction of sp³-hybridized carbons (Fsp3) is 0.273. The summed E-state index contributed by atoms with van der Waals surface area (Å²) >= 11 is 5.86. The third kappa shape index (κ3) is 1.88. The highest BCUT2D eigenvalue weighted by atomic mass is 35.5. The molecule has 1 heterocycles. The molecule has 1 fully saturated rings. The molecule has 0 aromatic heterocycles. The van der Waals surface area contributed by atoms with E-state index >= 15 is 0 Å². The first-order chi connectivity index (χ1) is 7.61. The van der Waals surface area contributed by atoms with Gasteiger partial charge >= 0.3 is 0 Å². The van der Waals surface area contributed by atoms with E-state index in [0.29, 0.717) is 16.5 Å². The maximum Gasteiger partial charge on any atom is 0.235 e. The number of rotatable bonds is 2. The number of carbonyl (C=O) groups is 2. The van der Waals surface area contributed by atoms with E-state index < -0.39 is 0 Å². The predicted octanol–water partition coefficient (Wildman–Crippen LogP) is 1.65. The van der Waals surface area contributed by atoms with Gasteiger partial charge in [0.15, 0.2) is 5.78 Å². The number of ketones is 1.